The number of amides is 2. The lowest BCUT2D eigenvalue weighted by atomic mass is 10.2. The molecule has 0 radical (unpaired) electrons. The fourth-order valence-corrected chi connectivity index (χ4v) is 2.41. The summed E-state index contributed by atoms with van der Waals surface area (Å²) in [5.74, 6) is 0.881. The topological polar surface area (TPSA) is 50.4 Å². The normalized spacial score (nSPS) is 15.1. The molecule has 2 amide bonds. The number of hydrogen-bond acceptors (Lipinski definition) is 2. The molecular weight excluding hydrogens is 252 g/mol. The van der Waals surface area contributed by atoms with E-state index >= 15 is 0 Å². The fraction of sp³-hybridized carbons (Fsp3) is 0.562. The fourth-order valence-electron chi connectivity index (χ4n) is 2.41. The van der Waals surface area contributed by atoms with Crippen molar-refractivity contribution in [3.05, 3.63) is 29.8 Å². The molecular formula is C16H24N2O2. The first-order valence-electron chi connectivity index (χ1n) is 7.48. The number of nitrogens with one attached hydrogen (secondary N) is 2. The van der Waals surface area contributed by atoms with E-state index in [0.29, 0.717) is 19.2 Å². The lowest BCUT2D eigenvalue weighted by Gasteiger charge is -2.13. The smallest absolute Gasteiger partial charge is 0.315 e. The second-order valence-corrected chi connectivity index (χ2v) is 5.40. The van der Waals surface area contributed by atoms with E-state index in [-0.39, 0.29) is 6.03 Å². The first-order chi connectivity index (χ1) is 9.74. The van der Waals surface area contributed by atoms with E-state index in [1.54, 1.807) is 0 Å². The summed E-state index contributed by atoms with van der Waals surface area (Å²) in [6.07, 6.45) is 5.50. The van der Waals surface area contributed by atoms with Crippen molar-refractivity contribution >= 4 is 6.03 Å². The third-order valence-corrected chi connectivity index (χ3v) is 3.59. The molecule has 0 aromatic heterocycles. The molecule has 0 aliphatic heterocycles. The van der Waals surface area contributed by atoms with E-state index in [2.05, 4.69) is 17.6 Å². The molecule has 4 nitrogen and oxygen atoms in total. The van der Waals surface area contributed by atoms with Crippen LogP contribution in [0.15, 0.2) is 24.3 Å². The van der Waals surface area contributed by atoms with E-state index in [1.807, 2.05) is 24.3 Å². The van der Waals surface area contributed by atoms with E-state index in [0.717, 1.165) is 25.0 Å². The van der Waals surface area contributed by atoms with Gasteiger partial charge in [0.05, 0.1) is 6.61 Å². The number of carbonyl (C=O) groups is 1. The first-order valence-corrected chi connectivity index (χ1v) is 7.48. The molecule has 0 bridgehead atoms. The van der Waals surface area contributed by atoms with Gasteiger partial charge in [-0.1, -0.05) is 30.5 Å². The molecule has 0 unspecified atom stereocenters. The standard InChI is InChI=1S/C16H24N2O2/c1-13-7-9-15(10-8-13)20-12-4-11-17-16(19)18-14-5-2-3-6-14/h7-10,14H,2-6,11-12H2,1H3,(H2,17,18,19). The van der Waals surface area contributed by atoms with Gasteiger partial charge in [-0.3, -0.25) is 0 Å². The van der Waals surface area contributed by atoms with Gasteiger partial charge in [0.15, 0.2) is 0 Å². The molecule has 1 aliphatic rings. The van der Waals surface area contributed by atoms with Crippen molar-refractivity contribution in [1.29, 1.82) is 0 Å². The van der Waals surface area contributed by atoms with Crippen LogP contribution in [0.5, 0.6) is 5.75 Å². The first kappa shape index (κ1) is 14.7. The third-order valence-electron chi connectivity index (χ3n) is 3.59. The minimum atomic E-state index is -0.0489. The van der Waals surface area contributed by atoms with Crippen molar-refractivity contribution in [3.63, 3.8) is 0 Å². The molecule has 0 heterocycles. The van der Waals surface area contributed by atoms with Crippen LogP contribution >= 0.6 is 0 Å². The number of ether oxygens (including phenoxy) is 1. The van der Waals surface area contributed by atoms with Crippen LogP contribution in [0.2, 0.25) is 0 Å². The molecule has 1 saturated carbocycles. The zero-order valence-electron chi connectivity index (χ0n) is 12.2. The Hall–Kier alpha value is -1.71. The highest BCUT2D eigenvalue weighted by Crippen LogP contribution is 2.17. The van der Waals surface area contributed by atoms with Crippen LogP contribution in [0.4, 0.5) is 4.79 Å². The summed E-state index contributed by atoms with van der Waals surface area (Å²) < 4.78 is 5.60. The number of carbonyl (C=O) groups excluding carboxylic acids is 1. The lowest BCUT2D eigenvalue weighted by molar-refractivity contribution is 0.235. The number of rotatable bonds is 6. The zero-order valence-corrected chi connectivity index (χ0v) is 12.2. The van der Waals surface area contributed by atoms with Crippen molar-refractivity contribution in [2.75, 3.05) is 13.2 Å². The molecule has 2 N–H and O–H groups in total. The van der Waals surface area contributed by atoms with Crippen molar-refractivity contribution in [2.45, 2.75) is 45.1 Å². The Morgan fingerprint density at radius 1 is 1.25 bits per heavy atom. The molecule has 0 saturated heterocycles. The molecule has 0 atom stereocenters. The number of urea groups is 1. The third kappa shape index (κ3) is 5.11. The van der Waals surface area contributed by atoms with E-state index in [4.69, 9.17) is 4.74 Å². The Balaban J connectivity index is 1.52. The van der Waals surface area contributed by atoms with Gasteiger partial charge in [-0.15, -0.1) is 0 Å². The van der Waals surface area contributed by atoms with Crippen LogP contribution in [0.1, 0.15) is 37.7 Å². The second-order valence-electron chi connectivity index (χ2n) is 5.40. The Bertz CT molecular complexity index is 411. The highest BCUT2D eigenvalue weighted by atomic mass is 16.5. The maximum atomic E-state index is 11.6. The summed E-state index contributed by atoms with van der Waals surface area (Å²) in [5, 5.41) is 5.88. The highest BCUT2D eigenvalue weighted by molar-refractivity contribution is 5.74. The van der Waals surface area contributed by atoms with Crippen LogP contribution in [0, 0.1) is 6.92 Å². The quantitative estimate of drug-likeness (QED) is 0.785. The summed E-state index contributed by atoms with van der Waals surface area (Å²) >= 11 is 0. The van der Waals surface area contributed by atoms with Crippen LogP contribution < -0.4 is 15.4 Å². The van der Waals surface area contributed by atoms with Crippen LogP contribution in [-0.4, -0.2) is 25.2 Å². The molecule has 1 aromatic carbocycles. The van der Waals surface area contributed by atoms with Gasteiger partial charge in [-0.05, 0) is 38.3 Å². The van der Waals surface area contributed by atoms with Gasteiger partial charge in [0.25, 0.3) is 0 Å². The highest BCUT2D eigenvalue weighted by Gasteiger charge is 2.16. The summed E-state index contributed by atoms with van der Waals surface area (Å²) in [7, 11) is 0. The molecule has 2 rings (SSSR count). The van der Waals surface area contributed by atoms with Gasteiger partial charge in [0.2, 0.25) is 0 Å². The summed E-state index contributed by atoms with van der Waals surface area (Å²) in [5.41, 5.74) is 1.22. The summed E-state index contributed by atoms with van der Waals surface area (Å²) in [6, 6.07) is 8.32. The van der Waals surface area contributed by atoms with Gasteiger partial charge in [-0.25, -0.2) is 4.79 Å². The molecule has 110 valence electrons. The van der Waals surface area contributed by atoms with E-state index in [1.165, 1.54) is 18.4 Å². The predicted octanol–water partition coefficient (Wildman–Crippen LogP) is 3.01. The maximum absolute atomic E-state index is 11.6. The Morgan fingerprint density at radius 2 is 1.95 bits per heavy atom. The average molecular weight is 276 g/mol. The van der Waals surface area contributed by atoms with E-state index < -0.39 is 0 Å². The minimum absolute atomic E-state index is 0.0489. The average Bonchev–Trinajstić information content (AvgIpc) is 2.93. The minimum Gasteiger partial charge on any atom is -0.494 e. The summed E-state index contributed by atoms with van der Waals surface area (Å²) in [6.45, 7) is 3.31. The number of benzene rings is 1. The number of aryl methyl sites for hydroxylation is 1. The molecule has 20 heavy (non-hydrogen) atoms. The lowest BCUT2D eigenvalue weighted by Crippen LogP contribution is -2.41. The Labute approximate surface area is 120 Å². The molecule has 1 aliphatic carbocycles. The van der Waals surface area contributed by atoms with Crippen molar-refractivity contribution in [3.8, 4) is 5.75 Å². The zero-order chi connectivity index (χ0) is 14.2. The van der Waals surface area contributed by atoms with Crippen LogP contribution in [-0.2, 0) is 0 Å². The second kappa shape index (κ2) is 7.78. The molecule has 1 aromatic rings. The van der Waals surface area contributed by atoms with Crippen molar-refractivity contribution in [2.24, 2.45) is 0 Å². The molecule has 0 spiro atoms. The SMILES string of the molecule is Cc1ccc(OCCCNC(=O)NC2CCCC2)cc1. The predicted molar refractivity (Wildman–Crippen MR) is 80.1 cm³/mol. The van der Waals surface area contributed by atoms with Gasteiger partial charge in [0, 0.05) is 12.6 Å². The van der Waals surface area contributed by atoms with E-state index in [9.17, 15) is 4.79 Å². The van der Waals surface area contributed by atoms with Crippen LogP contribution in [0.3, 0.4) is 0 Å². The Morgan fingerprint density at radius 3 is 2.65 bits per heavy atom. The van der Waals surface area contributed by atoms with Crippen LogP contribution in [0.25, 0.3) is 0 Å². The van der Waals surface area contributed by atoms with Gasteiger partial charge < -0.3 is 15.4 Å². The van der Waals surface area contributed by atoms with Gasteiger partial charge >= 0.3 is 6.03 Å². The largest absolute Gasteiger partial charge is 0.494 e. The molecule has 4 heteroatoms. The van der Waals surface area contributed by atoms with Crippen molar-refractivity contribution in [1.82, 2.24) is 10.6 Å². The molecule has 1 fully saturated rings. The monoisotopic (exact) mass is 276 g/mol. The van der Waals surface area contributed by atoms with Gasteiger partial charge in [-0.2, -0.15) is 0 Å². The maximum Gasteiger partial charge on any atom is 0.315 e. The van der Waals surface area contributed by atoms with Crippen molar-refractivity contribution < 1.29 is 9.53 Å². The number of hydrogen-bond donors (Lipinski definition) is 2. The van der Waals surface area contributed by atoms with Gasteiger partial charge in [0.1, 0.15) is 5.75 Å². The summed E-state index contributed by atoms with van der Waals surface area (Å²) in [4.78, 5) is 11.6. The Kier molecular flexibility index (Phi) is 5.71.